The van der Waals surface area contributed by atoms with Gasteiger partial charge in [0.05, 0.1) is 12.3 Å². The third kappa shape index (κ3) is 3.04. The topological polar surface area (TPSA) is 62.3 Å². The second-order valence-corrected chi connectivity index (χ2v) is 8.84. The summed E-state index contributed by atoms with van der Waals surface area (Å²) in [5, 5.41) is 2.56. The molecule has 0 spiro atoms. The van der Waals surface area contributed by atoms with Crippen molar-refractivity contribution in [2.45, 2.75) is 19.0 Å². The van der Waals surface area contributed by atoms with Crippen LogP contribution in [0.25, 0.3) is 10.8 Å². The zero-order valence-corrected chi connectivity index (χ0v) is 15.8. The maximum absolute atomic E-state index is 11.4. The predicted octanol–water partition coefficient (Wildman–Crippen LogP) is 2.62. The van der Waals surface area contributed by atoms with Gasteiger partial charge in [-0.15, -0.1) is 0 Å². The van der Waals surface area contributed by atoms with Crippen molar-refractivity contribution in [3.8, 4) is 0 Å². The van der Waals surface area contributed by atoms with Crippen LogP contribution in [0, 0.1) is 3.57 Å². The van der Waals surface area contributed by atoms with Gasteiger partial charge < -0.3 is 4.90 Å². The average Bonchev–Trinajstić information content (AvgIpc) is 2.43. The van der Waals surface area contributed by atoms with Crippen molar-refractivity contribution in [1.29, 1.82) is 0 Å². The molecule has 0 aliphatic carbocycles. The fourth-order valence-corrected chi connectivity index (χ4v) is 4.36. The van der Waals surface area contributed by atoms with Gasteiger partial charge in [-0.1, -0.05) is 11.6 Å². The number of benzene rings is 1. The average molecular weight is 452 g/mol. The molecule has 0 radical (unpaired) electrons. The van der Waals surface area contributed by atoms with Crippen LogP contribution >= 0.6 is 34.2 Å². The number of pyridine rings is 1. The van der Waals surface area contributed by atoms with E-state index in [1.165, 1.54) is 6.26 Å². The molecule has 22 heavy (non-hydrogen) atoms. The zero-order chi connectivity index (χ0) is 16.1. The second-order valence-electron chi connectivity index (χ2n) is 5.51. The van der Waals surface area contributed by atoms with Gasteiger partial charge in [0.2, 0.25) is 10.0 Å². The molecule has 0 amide bonds. The van der Waals surface area contributed by atoms with Crippen LogP contribution in [0.4, 0.5) is 5.69 Å². The number of halogens is 2. The molecule has 1 N–H and O–H groups in total. The van der Waals surface area contributed by atoms with Gasteiger partial charge in [-0.05, 0) is 47.7 Å². The van der Waals surface area contributed by atoms with Crippen molar-refractivity contribution in [3.05, 3.63) is 33.1 Å². The third-order valence-electron chi connectivity index (χ3n) is 3.93. The van der Waals surface area contributed by atoms with E-state index in [0.717, 1.165) is 20.0 Å². The van der Waals surface area contributed by atoms with Gasteiger partial charge in [-0.3, -0.25) is 0 Å². The quantitative estimate of drug-likeness (QED) is 0.576. The first-order chi connectivity index (χ1) is 10.3. The molecule has 1 aliphatic rings. The number of hydrogen-bond acceptors (Lipinski definition) is 4. The molecule has 8 heteroatoms. The van der Waals surface area contributed by atoms with Crippen molar-refractivity contribution in [1.82, 2.24) is 9.71 Å². The number of hydrogen-bond donors (Lipinski definition) is 1. The number of anilines is 1. The van der Waals surface area contributed by atoms with Gasteiger partial charge in [-0.25, -0.2) is 18.1 Å². The summed E-state index contributed by atoms with van der Waals surface area (Å²) in [6.07, 6.45) is 2.97. The minimum absolute atomic E-state index is 0.0652. The Bertz CT molecular complexity index is 843. The van der Waals surface area contributed by atoms with E-state index in [1.807, 2.05) is 25.1 Å². The molecule has 5 nitrogen and oxygen atoms in total. The molecule has 1 fully saturated rings. The predicted molar refractivity (Wildman–Crippen MR) is 98.0 cm³/mol. The maximum Gasteiger partial charge on any atom is 0.209 e. The number of sulfonamides is 1. The SMILES string of the molecule is C[C@@H]1[C@@H](NS(C)(=O)=O)CN1c1ccc(I)c2cc(Cl)ncc12. The summed E-state index contributed by atoms with van der Waals surface area (Å²) >= 11 is 8.27. The molecular weight excluding hydrogens is 437 g/mol. The Balaban J connectivity index is 1.94. The minimum Gasteiger partial charge on any atom is -0.365 e. The Morgan fingerprint density at radius 3 is 2.77 bits per heavy atom. The lowest BCUT2D eigenvalue weighted by Crippen LogP contribution is -2.65. The first-order valence-electron chi connectivity index (χ1n) is 6.74. The highest BCUT2D eigenvalue weighted by atomic mass is 127. The van der Waals surface area contributed by atoms with Crippen LogP contribution in [0.15, 0.2) is 24.4 Å². The largest absolute Gasteiger partial charge is 0.365 e. The third-order valence-corrected chi connectivity index (χ3v) is 5.81. The van der Waals surface area contributed by atoms with Gasteiger partial charge in [-0.2, -0.15) is 0 Å². The van der Waals surface area contributed by atoms with Gasteiger partial charge in [0.15, 0.2) is 0 Å². The minimum atomic E-state index is -3.19. The Labute approximate surface area is 148 Å². The molecule has 1 saturated heterocycles. The van der Waals surface area contributed by atoms with Gasteiger partial charge in [0.25, 0.3) is 0 Å². The van der Waals surface area contributed by atoms with Crippen molar-refractivity contribution in [2.75, 3.05) is 17.7 Å². The lowest BCUT2D eigenvalue weighted by atomic mass is 9.96. The van der Waals surface area contributed by atoms with E-state index >= 15 is 0 Å². The number of nitrogens with one attached hydrogen (secondary N) is 1. The summed E-state index contributed by atoms with van der Waals surface area (Å²) < 4.78 is 26.5. The lowest BCUT2D eigenvalue weighted by molar-refractivity contribution is 0.376. The van der Waals surface area contributed by atoms with E-state index in [0.29, 0.717) is 11.7 Å². The van der Waals surface area contributed by atoms with E-state index in [2.05, 4.69) is 37.2 Å². The van der Waals surface area contributed by atoms with Crippen molar-refractivity contribution >= 4 is 60.7 Å². The molecule has 2 heterocycles. The van der Waals surface area contributed by atoms with Crippen molar-refractivity contribution in [3.63, 3.8) is 0 Å². The highest BCUT2D eigenvalue weighted by molar-refractivity contribution is 14.1. The molecule has 2 aromatic rings. The smallest absolute Gasteiger partial charge is 0.209 e. The Kier molecular flexibility index (Phi) is 4.26. The molecule has 0 bridgehead atoms. The second kappa shape index (κ2) is 5.77. The Hall–Kier alpha value is -0.640. The van der Waals surface area contributed by atoms with Crippen LogP contribution in [0.5, 0.6) is 0 Å². The lowest BCUT2D eigenvalue weighted by Gasteiger charge is -2.48. The van der Waals surface area contributed by atoms with Gasteiger partial charge >= 0.3 is 0 Å². The summed E-state index contributed by atoms with van der Waals surface area (Å²) in [7, 11) is -3.19. The van der Waals surface area contributed by atoms with Crippen LogP contribution in [-0.2, 0) is 10.0 Å². The van der Waals surface area contributed by atoms with Crippen LogP contribution < -0.4 is 9.62 Å². The summed E-state index contributed by atoms with van der Waals surface area (Å²) in [5.74, 6) is 0. The van der Waals surface area contributed by atoms with Gasteiger partial charge in [0, 0.05) is 38.8 Å². The van der Waals surface area contributed by atoms with E-state index < -0.39 is 10.0 Å². The molecular formula is C14H15ClIN3O2S. The van der Waals surface area contributed by atoms with E-state index in [9.17, 15) is 8.42 Å². The summed E-state index contributed by atoms with van der Waals surface area (Å²) in [6, 6.07) is 5.97. The number of fused-ring (bicyclic) bond motifs is 1. The molecule has 0 saturated carbocycles. The summed E-state index contributed by atoms with van der Waals surface area (Å²) in [6.45, 7) is 2.66. The van der Waals surface area contributed by atoms with Crippen molar-refractivity contribution in [2.24, 2.45) is 0 Å². The van der Waals surface area contributed by atoms with Crippen LogP contribution in [0.2, 0.25) is 5.15 Å². The molecule has 0 unspecified atom stereocenters. The highest BCUT2D eigenvalue weighted by Gasteiger charge is 2.37. The fraction of sp³-hybridized carbons (Fsp3) is 0.357. The number of aromatic nitrogens is 1. The van der Waals surface area contributed by atoms with Crippen LogP contribution in [0.3, 0.4) is 0 Å². The number of nitrogens with zero attached hydrogens (tertiary/aromatic N) is 2. The highest BCUT2D eigenvalue weighted by Crippen LogP contribution is 2.35. The summed E-state index contributed by atoms with van der Waals surface area (Å²) in [4.78, 5) is 6.35. The maximum atomic E-state index is 11.4. The van der Waals surface area contributed by atoms with Crippen LogP contribution in [-0.4, -0.2) is 38.3 Å². The molecule has 1 aliphatic heterocycles. The fourth-order valence-electron chi connectivity index (χ4n) is 2.75. The van der Waals surface area contributed by atoms with E-state index in [-0.39, 0.29) is 12.1 Å². The zero-order valence-electron chi connectivity index (χ0n) is 12.0. The normalized spacial score (nSPS) is 21.9. The first kappa shape index (κ1) is 16.2. The molecule has 1 aromatic heterocycles. The molecule has 2 atom stereocenters. The van der Waals surface area contributed by atoms with Gasteiger partial charge in [0.1, 0.15) is 5.15 Å². The Morgan fingerprint density at radius 2 is 2.14 bits per heavy atom. The van der Waals surface area contributed by atoms with E-state index in [4.69, 9.17) is 11.6 Å². The number of rotatable bonds is 3. The first-order valence-corrected chi connectivity index (χ1v) is 10.1. The van der Waals surface area contributed by atoms with Crippen molar-refractivity contribution < 1.29 is 8.42 Å². The summed E-state index contributed by atoms with van der Waals surface area (Å²) in [5.41, 5.74) is 1.05. The van der Waals surface area contributed by atoms with E-state index in [1.54, 1.807) is 6.20 Å². The van der Waals surface area contributed by atoms with Crippen LogP contribution in [0.1, 0.15) is 6.92 Å². The molecule has 118 valence electrons. The molecule has 3 rings (SSSR count). The molecule has 1 aromatic carbocycles. The standard InChI is InChI=1S/C14H15ClIN3O2S/c1-8-12(18-22(2,20)21)7-19(8)13-4-3-11(16)9-5-14(15)17-6-10(9)13/h3-6,8,12,18H,7H2,1-2H3/t8-,12+/m1/s1. The monoisotopic (exact) mass is 451 g/mol. The Morgan fingerprint density at radius 1 is 1.41 bits per heavy atom.